The Morgan fingerprint density at radius 2 is 1.73 bits per heavy atom. The Morgan fingerprint density at radius 3 is 2.36 bits per heavy atom. The van der Waals surface area contributed by atoms with Crippen molar-refractivity contribution in [2.75, 3.05) is 27.3 Å². The molecule has 0 saturated carbocycles. The Bertz CT molecular complexity index is 1220. The highest BCUT2D eigenvalue weighted by molar-refractivity contribution is 5.85. The van der Waals surface area contributed by atoms with Crippen LogP contribution in [-0.4, -0.2) is 53.5 Å². The molecule has 2 heterocycles. The SMILES string of the molecule is COc1ccc(-c2nc3ccc(C4=CCN(C(=O)OC(C)(C)C)CC4)cc3n2C)cc1OC. The number of nitrogens with zero attached hydrogens (tertiary/aromatic N) is 3. The molecule has 0 fully saturated rings. The normalized spacial score (nSPS) is 14.2. The van der Waals surface area contributed by atoms with Crippen molar-refractivity contribution in [3.8, 4) is 22.9 Å². The summed E-state index contributed by atoms with van der Waals surface area (Å²) in [5, 5.41) is 0. The minimum Gasteiger partial charge on any atom is -0.493 e. The van der Waals surface area contributed by atoms with E-state index in [-0.39, 0.29) is 6.09 Å². The number of aryl methyl sites for hydroxylation is 1. The molecule has 174 valence electrons. The molecule has 0 N–H and O–H groups in total. The monoisotopic (exact) mass is 449 g/mol. The molecule has 0 unspecified atom stereocenters. The van der Waals surface area contributed by atoms with Gasteiger partial charge in [0.1, 0.15) is 11.4 Å². The van der Waals surface area contributed by atoms with Gasteiger partial charge in [-0.3, -0.25) is 0 Å². The molecule has 33 heavy (non-hydrogen) atoms. The zero-order valence-electron chi connectivity index (χ0n) is 20.1. The third kappa shape index (κ3) is 4.67. The van der Waals surface area contributed by atoms with Crippen molar-refractivity contribution >= 4 is 22.7 Å². The lowest BCUT2D eigenvalue weighted by molar-refractivity contribution is 0.0270. The number of amides is 1. The van der Waals surface area contributed by atoms with Crippen molar-refractivity contribution < 1.29 is 19.0 Å². The van der Waals surface area contributed by atoms with Crippen molar-refractivity contribution in [3.63, 3.8) is 0 Å². The Morgan fingerprint density at radius 1 is 1.00 bits per heavy atom. The van der Waals surface area contributed by atoms with Crippen LogP contribution in [0.5, 0.6) is 11.5 Å². The molecule has 1 aliphatic rings. The van der Waals surface area contributed by atoms with Crippen LogP contribution >= 0.6 is 0 Å². The van der Waals surface area contributed by atoms with E-state index in [0.29, 0.717) is 24.6 Å². The molecule has 1 aliphatic heterocycles. The molecule has 3 aromatic rings. The average Bonchev–Trinajstić information content (AvgIpc) is 3.13. The number of carbonyl (C=O) groups is 1. The Hall–Kier alpha value is -3.48. The van der Waals surface area contributed by atoms with Gasteiger partial charge in [0.25, 0.3) is 0 Å². The van der Waals surface area contributed by atoms with E-state index >= 15 is 0 Å². The fraction of sp³-hybridized carbons (Fsp3) is 0.385. The predicted octanol–water partition coefficient (Wildman–Crippen LogP) is 5.28. The lowest BCUT2D eigenvalue weighted by Crippen LogP contribution is -2.39. The highest BCUT2D eigenvalue weighted by Crippen LogP contribution is 2.34. The zero-order chi connectivity index (χ0) is 23.8. The first-order chi connectivity index (χ1) is 15.7. The van der Waals surface area contributed by atoms with Crippen LogP contribution in [0.4, 0.5) is 4.79 Å². The lowest BCUT2D eigenvalue weighted by atomic mass is 9.99. The summed E-state index contributed by atoms with van der Waals surface area (Å²) in [5.74, 6) is 2.22. The number of methoxy groups -OCH3 is 2. The standard InChI is InChI=1S/C26H31N3O4/c1-26(2,3)33-25(30)29-13-11-17(12-14-29)18-7-9-20-21(15-18)28(4)24(27-20)19-8-10-22(31-5)23(16-19)32-6/h7-11,15-16H,12-14H2,1-6H3. The summed E-state index contributed by atoms with van der Waals surface area (Å²) < 4.78 is 18.4. The summed E-state index contributed by atoms with van der Waals surface area (Å²) >= 11 is 0. The van der Waals surface area contributed by atoms with E-state index in [1.807, 2.05) is 46.0 Å². The van der Waals surface area contributed by atoms with Crippen LogP contribution in [0.1, 0.15) is 32.8 Å². The van der Waals surface area contributed by atoms with Crippen molar-refractivity contribution in [1.82, 2.24) is 14.5 Å². The van der Waals surface area contributed by atoms with Gasteiger partial charge in [0.15, 0.2) is 11.5 Å². The van der Waals surface area contributed by atoms with Gasteiger partial charge in [0, 0.05) is 25.7 Å². The molecule has 7 nitrogen and oxygen atoms in total. The number of ether oxygens (including phenoxy) is 3. The second kappa shape index (κ2) is 8.81. The van der Waals surface area contributed by atoms with E-state index in [9.17, 15) is 4.79 Å². The van der Waals surface area contributed by atoms with E-state index in [2.05, 4.69) is 28.8 Å². The molecule has 4 rings (SSSR count). The van der Waals surface area contributed by atoms with Crippen LogP contribution in [0, 0.1) is 0 Å². The maximum atomic E-state index is 12.3. The summed E-state index contributed by atoms with van der Waals surface area (Å²) in [6.07, 6.45) is 2.63. The number of fused-ring (bicyclic) bond motifs is 1. The van der Waals surface area contributed by atoms with Gasteiger partial charge in [-0.25, -0.2) is 9.78 Å². The molecule has 1 aromatic heterocycles. The topological polar surface area (TPSA) is 65.8 Å². The van der Waals surface area contributed by atoms with Crippen LogP contribution in [-0.2, 0) is 11.8 Å². The summed E-state index contributed by atoms with van der Waals surface area (Å²) in [5.41, 5.74) is 4.82. The van der Waals surface area contributed by atoms with Gasteiger partial charge in [0.2, 0.25) is 0 Å². The largest absolute Gasteiger partial charge is 0.493 e. The number of benzene rings is 2. The zero-order valence-corrected chi connectivity index (χ0v) is 20.1. The Balaban J connectivity index is 1.60. The van der Waals surface area contributed by atoms with E-state index in [1.54, 1.807) is 19.1 Å². The van der Waals surface area contributed by atoms with Gasteiger partial charge >= 0.3 is 6.09 Å². The number of imidazole rings is 1. The smallest absolute Gasteiger partial charge is 0.410 e. The second-order valence-corrected chi connectivity index (χ2v) is 9.17. The van der Waals surface area contributed by atoms with Gasteiger partial charge in [-0.15, -0.1) is 0 Å². The molecular weight excluding hydrogens is 418 g/mol. The van der Waals surface area contributed by atoms with Crippen molar-refractivity contribution in [2.45, 2.75) is 32.8 Å². The number of aromatic nitrogens is 2. The van der Waals surface area contributed by atoms with Crippen LogP contribution in [0.25, 0.3) is 28.0 Å². The molecule has 0 radical (unpaired) electrons. The Labute approximate surface area is 194 Å². The second-order valence-electron chi connectivity index (χ2n) is 9.17. The Kier molecular flexibility index (Phi) is 6.06. The van der Waals surface area contributed by atoms with Gasteiger partial charge in [0.05, 0.1) is 25.3 Å². The van der Waals surface area contributed by atoms with Crippen LogP contribution < -0.4 is 9.47 Å². The summed E-state index contributed by atoms with van der Waals surface area (Å²) in [7, 11) is 5.27. The highest BCUT2D eigenvalue weighted by Gasteiger charge is 2.24. The maximum Gasteiger partial charge on any atom is 0.410 e. The molecule has 0 saturated heterocycles. The van der Waals surface area contributed by atoms with Crippen LogP contribution in [0.3, 0.4) is 0 Å². The average molecular weight is 450 g/mol. The first-order valence-corrected chi connectivity index (χ1v) is 11.1. The summed E-state index contributed by atoms with van der Waals surface area (Å²) in [4.78, 5) is 18.9. The van der Waals surface area contributed by atoms with Crippen LogP contribution in [0.2, 0.25) is 0 Å². The third-order valence-electron chi connectivity index (χ3n) is 5.75. The quantitative estimate of drug-likeness (QED) is 0.542. The molecule has 2 aromatic carbocycles. The van der Waals surface area contributed by atoms with Crippen LogP contribution in [0.15, 0.2) is 42.5 Å². The third-order valence-corrected chi connectivity index (χ3v) is 5.75. The minimum atomic E-state index is -0.489. The molecule has 0 spiro atoms. The lowest BCUT2D eigenvalue weighted by Gasteiger charge is -2.29. The van der Waals surface area contributed by atoms with Crippen molar-refractivity contribution in [2.24, 2.45) is 7.05 Å². The van der Waals surface area contributed by atoms with E-state index in [1.165, 1.54) is 5.57 Å². The fourth-order valence-corrected chi connectivity index (χ4v) is 4.05. The van der Waals surface area contributed by atoms with Gasteiger partial charge in [-0.1, -0.05) is 12.1 Å². The van der Waals surface area contributed by atoms with Gasteiger partial charge in [-0.05, 0) is 68.7 Å². The fourth-order valence-electron chi connectivity index (χ4n) is 4.05. The minimum absolute atomic E-state index is 0.264. The summed E-state index contributed by atoms with van der Waals surface area (Å²) in [6, 6.07) is 12.1. The van der Waals surface area contributed by atoms with E-state index in [0.717, 1.165) is 34.4 Å². The van der Waals surface area contributed by atoms with Crippen molar-refractivity contribution in [3.05, 3.63) is 48.0 Å². The number of hydrogen-bond acceptors (Lipinski definition) is 5. The molecule has 1 amide bonds. The summed E-state index contributed by atoms with van der Waals surface area (Å²) in [6.45, 7) is 6.84. The predicted molar refractivity (Wildman–Crippen MR) is 130 cm³/mol. The number of rotatable bonds is 4. The van der Waals surface area contributed by atoms with E-state index < -0.39 is 5.60 Å². The van der Waals surface area contributed by atoms with Gasteiger partial charge in [-0.2, -0.15) is 0 Å². The molecule has 7 heteroatoms. The maximum absolute atomic E-state index is 12.3. The molecule has 0 atom stereocenters. The molecule has 0 bridgehead atoms. The van der Waals surface area contributed by atoms with Crippen molar-refractivity contribution in [1.29, 1.82) is 0 Å². The van der Waals surface area contributed by atoms with Gasteiger partial charge < -0.3 is 23.7 Å². The number of hydrogen-bond donors (Lipinski definition) is 0. The number of carbonyl (C=O) groups excluding carboxylic acids is 1. The first-order valence-electron chi connectivity index (χ1n) is 11.1. The molecule has 0 aliphatic carbocycles. The first kappa shape index (κ1) is 22.7. The molecular formula is C26H31N3O4. The van der Waals surface area contributed by atoms with E-state index in [4.69, 9.17) is 19.2 Å². The highest BCUT2D eigenvalue weighted by atomic mass is 16.6.